The van der Waals surface area contributed by atoms with Gasteiger partial charge in [-0.25, -0.2) is 4.98 Å². The molecule has 28 heavy (non-hydrogen) atoms. The Bertz CT molecular complexity index is 1020. The average Bonchev–Trinajstić information content (AvgIpc) is 2.59. The molecule has 0 radical (unpaired) electrons. The van der Waals surface area contributed by atoms with Crippen LogP contribution in [-0.4, -0.2) is 26.0 Å². The number of Topliss-reactive ketones (excluding diaryl/α,β-unsaturated/α-hetero) is 1. The molecule has 1 aliphatic carbocycles. The predicted octanol–water partition coefficient (Wildman–Crippen LogP) is 3.87. The fourth-order valence-electron chi connectivity index (χ4n) is 4.06. The van der Waals surface area contributed by atoms with Gasteiger partial charge < -0.3 is 10.3 Å². The number of aromatic nitrogens is 3. The first-order valence-electron chi connectivity index (χ1n) is 9.49. The number of hydrogen-bond donors (Lipinski definition) is 2. The molecule has 146 valence electrons. The van der Waals surface area contributed by atoms with Crippen LogP contribution in [0.2, 0.25) is 0 Å². The van der Waals surface area contributed by atoms with Crippen LogP contribution < -0.4 is 10.9 Å². The number of pyridine rings is 1. The Morgan fingerprint density at radius 3 is 2.57 bits per heavy atom. The highest BCUT2D eigenvalue weighted by Crippen LogP contribution is 2.47. The lowest BCUT2D eigenvalue weighted by molar-refractivity contribution is -0.118. The van der Waals surface area contributed by atoms with Crippen molar-refractivity contribution >= 4 is 23.4 Å². The molecule has 0 spiro atoms. The van der Waals surface area contributed by atoms with Crippen LogP contribution in [0.15, 0.2) is 45.7 Å². The fraction of sp³-hybridized carbons (Fsp3) is 0.429. The van der Waals surface area contributed by atoms with Gasteiger partial charge in [0.15, 0.2) is 10.9 Å². The van der Waals surface area contributed by atoms with Crippen LogP contribution in [0.4, 0.5) is 5.82 Å². The number of nitrogens with zero attached hydrogens (tertiary/aromatic N) is 2. The topological polar surface area (TPSA) is 87.7 Å². The summed E-state index contributed by atoms with van der Waals surface area (Å²) in [4.78, 5) is 37.9. The van der Waals surface area contributed by atoms with E-state index in [0.29, 0.717) is 33.8 Å². The number of anilines is 1. The summed E-state index contributed by atoms with van der Waals surface area (Å²) in [7, 11) is 0. The van der Waals surface area contributed by atoms with Gasteiger partial charge in [-0.15, -0.1) is 0 Å². The van der Waals surface area contributed by atoms with Crippen molar-refractivity contribution in [1.82, 2.24) is 15.0 Å². The fourth-order valence-corrected chi connectivity index (χ4v) is 4.80. The van der Waals surface area contributed by atoms with Gasteiger partial charge in [0.05, 0.1) is 5.56 Å². The van der Waals surface area contributed by atoms with E-state index < -0.39 is 5.92 Å². The smallest absolute Gasteiger partial charge is 0.257 e. The number of ketones is 1. The molecule has 0 saturated heterocycles. The van der Waals surface area contributed by atoms with E-state index in [-0.39, 0.29) is 16.8 Å². The number of H-pyrrole nitrogens is 1. The Morgan fingerprint density at radius 2 is 1.89 bits per heavy atom. The molecular weight excluding hydrogens is 372 g/mol. The van der Waals surface area contributed by atoms with Crippen LogP contribution >= 0.6 is 11.8 Å². The van der Waals surface area contributed by atoms with Crippen LogP contribution in [-0.2, 0) is 4.79 Å². The minimum atomic E-state index is -0.424. The second kappa shape index (κ2) is 6.88. The standard InChI is InChI=1S/C21H24N4O2S/c1-11(2)28-20-24-18-17(19(27)25-20)15(12-5-7-22-8-6-12)16-13(23-18)9-21(3,4)10-14(16)26/h5-8,11,15H,9-10H2,1-4H3,(H2,23,24,25,27)/t15-/m0/s1. The van der Waals surface area contributed by atoms with Crippen molar-refractivity contribution in [1.29, 1.82) is 0 Å². The molecule has 2 N–H and O–H groups in total. The molecule has 1 atom stereocenters. The molecule has 1 aliphatic heterocycles. The van der Waals surface area contributed by atoms with E-state index in [1.54, 1.807) is 12.4 Å². The van der Waals surface area contributed by atoms with Gasteiger partial charge in [-0.05, 0) is 29.5 Å². The molecule has 0 bridgehead atoms. The zero-order chi connectivity index (χ0) is 20.1. The van der Waals surface area contributed by atoms with Crippen LogP contribution in [0.1, 0.15) is 57.6 Å². The first-order valence-corrected chi connectivity index (χ1v) is 10.4. The maximum absolute atomic E-state index is 13.1. The summed E-state index contributed by atoms with van der Waals surface area (Å²) in [5, 5.41) is 4.22. The zero-order valence-corrected chi connectivity index (χ0v) is 17.3. The molecule has 0 amide bonds. The molecule has 0 fully saturated rings. The van der Waals surface area contributed by atoms with Crippen LogP contribution in [0.25, 0.3) is 0 Å². The van der Waals surface area contributed by atoms with Crippen LogP contribution in [0, 0.1) is 5.41 Å². The third-order valence-electron chi connectivity index (χ3n) is 5.09. The average molecular weight is 397 g/mol. The lowest BCUT2D eigenvalue weighted by atomic mass is 9.69. The Balaban J connectivity index is 1.93. The van der Waals surface area contributed by atoms with E-state index >= 15 is 0 Å². The van der Waals surface area contributed by atoms with Gasteiger partial charge in [0.2, 0.25) is 0 Å². The lowest BCUT2D eigenvalue weighted by Gasteiger charge is -2.38. The molecule has 0 saturated carbocycles. The van der Waals surface area contributed by atoms with Crippen molar-refractivity contribution in [2.45, 2.75) is 56.9 Å². The normalized spacial score (nSPS) is 20.6. The molecule has 0 aromatic carbocycles. The maximum atomic E-state index is 13.1. The summed E-state index contributed by atoms with van der Waals surface area (Å²) < 4.78 is 0. The van der Waals surface area contributed by atoms with Crippen LogP contribution in [0.3, 0.4) is 0 Å². The largest absolute Gasteiger partial charge is 0.343 e. The number of allylic oxidation sites excluding steroid dienone is 2. The second-order valence-electron chi connectivity index (χ2n) is 8.47. The molecule has 2 aromatic rings. The Labute approximate surface area is 168 Å². The van der Waals surface area contributed by atoms with Crippen molar-refractivity contribution in [3.63, 3.8) is 0 Å². The predicted molar refractivity (Wildman–Crippen MR) is 111 cm³/mol. The number of carbonyl (C=O) groups is 1. The summed E-state index contributed by atoms with van der Waals surface area (Å²) in [5.74, 6) is 0.219. The van der Waals surface area contributed by atoms with E-state index in [1.165, 1.54) is 11.8 Å². The molecule has 2 aliphatic rings. The van der Waals surface area contributed by atoms with E-state index in [2.05, 4.69) is 48.0 Å². The van der Waals surface area contributed by atoms with Crippen molar-refractivity contribution < 1.29 is 4.79 Å². The van der Waals surface area contributed by atoms with Gasteiger partial charge in [-0.1, -0.05) is 39.5 Å². The highest BCUT2D eigenvalue weighted by atomic mass is 32.2. The molecule has 3 heterocycles. The molecule has 7 heteroatoms. The Morgan fingerprint density at radius 1 is 1.18 bits per heavy atom. The third kappa shape index (κ3) is 3.39. The number of nitrogens with one attached hydrogen (secondary N) is 2. The molecule has 0 unspecified atom stereocenters. The zero-order valence-electron chi connectivity index (χ0n) is 16.5. The van der Waals surface area contributed by atoms with E-state index in [4.69, 9.17) is 0 Å². The highest BCUT2D eigenvalue weighted by Gasteiger charge is 2.42. The van der Waals surface area contributed by atoms with E-state index in [0.717, 1.165) is 17.7 Å². The number of thioether (sulfide) groups is 1. The van der Waals surface area contributed by atoms with E-state index in [1.807, 2.05) is 12.1 Å². The third-order valence-corrected chi connectivity index (χ3v) is 5.97. The maximum Gasteiger partial charge on any atom is 0.257 e. The van der Waals surface area contributed by atoms with Crippen molar-refractivity contribution in [2.75, 3.05) is 5.32 Å². The van der Waals surface area contributed by atoms with Gasteiger partial charge in [0, 0.05) is 41.3 Å². The summed E-state index contributed by atoms with van der Waals surface area (Å²) in [6.45, 7) is 8.30. The first-order chi connectivity index (χ1) is 13.2. The SMILES string of the molecule is CC(C)Sc1nc2c(c(=O)[nH]1)[C@@H](c1ccncc1)C1=C(CC(C)(C)CC1=O)N2. The second-order valence-corrected chi connectivity index (χ2v) is 10.0. The first kappa shape index (κ1) is 18.9. The van der Waals surface area contributed by atoms with Crippen molar-refractivity contribution in [3.05, 3.63) is 57.3 Å². The Kier molecular flexibility index (Phi) is 4.65. The summed E-state index contributed by atoms with van der Waals surface area (Å²) in [5.41, 5.74) is 2.64. The minimum absolute atomic E-state index is 0.0891. The van der Waals surface area contributed by atoms with Gasteiger partial charge in [-0.2, -0.15) is 0 Å². The van der Waals surface area contributed by atoms with Gasteiger partial charge in [0.25, 0.3) is 5.56 Å². The number of fused-ring (bicyclic) bond motifs is 1. The number of carbonyl (C=O) groups excluding carboxylic acids is 1. The van der Waals surface area contributed by atoms with Gasteiger partial charge in [-0.3, -0.25) is 14.6 Å². The van der Waals surface area contributed by atoms with Gasteiger partial charge >= 0.3 is 0 Å². The molecule has 4 rings (SSSR count). The monoisotopic (exact) mass is 396 g/mol. The summed E-state index contributed by atoms with van der Waals surface area (Å²) >= 11 is 1.51. The minimum Gasteiger partial charge on any atom is -0.343 e. The van der Waals surface area contributed by atoms with Crippen molar-refractivity contribution in [2.24, 2.45) is 5.41 Å². The number of hydrogen-bond acceptors (Lipinski definition) is 6. The summed E-state index contributed by atoms with van der Waals surface area (Å²) in [6.07, 6.45) is 4.60. The molecule has 2 aromatic heterocycles. The number of aromatic amines is 1. The number of rotatable bonds is 3. The van der Waals surface area contributed by atoms with Crippen LogP contribution in [0.5, 0.6) is 0 Å². The summed E-state index contributed by atoms with van der Waals surface area (Å²) in [6, 6.07) is 3.74. The molecule has 6 nitrogen and oxygen atoms in total. The van der Waals surface area contributed by atoms with Gasteiger partial charge in [0.1, 0.15) is 5.82 Å². The molecular formula is C21H24N4O2S. The highest BCUT2D eigenvalue weighted by molar-refractivity contribution is 7.99. The Hall–Kier alpha value is -2.41. The quantitative estimate of drug-likeness (QED) is 0.605. The lowest BCUT2D eigenvalue weighted by Crippen LogP contribution is -2.37. The van der Waals surface area contributed by atoms with E-state index in [9.17, 15) is 9.59 Å². The van der Waals surface area contributed by atoms with Crippen molar-refractivity contribution in [3.8, 4) is 0 Å².